The standard InChI is InChI=1S/C83H116F2N20O16/c1-6-102(53-69-96-74-75(105(69)55-82(4,5)114)64-15-10-11-16-67(64)94-76(74)87)81(113)121-54-58-19-21-59(22-20-58)93-78(110)68(17-12-27-91-80(88)112)95-79(111)73(57(2)3)97-71(107)26-38-115-42-46-119-47-45-118-41-36-103-52-60(98-99-103)14-8-7-9-18-70(106)90-29-39-116-43-44-117-40-35-101-33-31-100(32-34-101)30-13-37-120-62-23-24-66-65(48-62)63(25-28-89-66)77(109)92-51-72(108)104-56-83(84,85)49-61(104)50-86/h10-11,15-16,19-25,28,48,52,61,68,73,76,94,114H,2,6-9,12-14,17-18,26-27,29-47,49,51,53-56,87H2,1,3-5H3,(H,90,106)(H,92,109)(H,93,110)(H,95,111)(H,97,107)(H3,88,91,112)/t61?,68-,73-,76?/m0/s1. The van der Waals surface area contributed by atoms with E-state index in [-0.39, 0.29) is 83.3 Å². The van der Waals surface area contributed by atoms with E-state index in [0.717, 1.165) is 98.9 Å². The number of hydrogen-bond donors (Lipinski definition) is 10. The highest BCUT2D eigenvalue weighted by molar-refractivity contribution is 6.07. The van der Waals surface area contributed by atoms with E-state index >= 15 is 0 Å². The van der Waals surface area contributed by atoms with Gasteiger partial charge in [-0.25, -0.2) is 28.0 Å². The lowest BCUT2D eigenvalue weighted by Crippen LogP contribution is -2.53. The first kappa shape index (κ1) is 94.0. The summed E-state index contributed by atoms with van der Waals surface area (Å²) in [5.74, 6) is -5.20. The highest BCUT2D eigenvalue weighted by atomic mass is 19.3. The van der Waals surface area contributed by atoms with E-state index in [2.05, 4.69) is 68.9 Å². The first-order valence-corrected chi connectivity index (χ1v) is 41.1. The highest BCUT2D eigenvalue weighted by Crippen LogP contribution is 2.40. The number of anilines is 2. The Bertz CT molecular complexity index is 4440. The Kier molecular flexibility index (Phi) is 37.2. The molecule has 0 spiro atoms. The number of carbonyl (C=O) groups is 8. The third-order valence-electron chi connectivity index (χ3n) is 20.2. The lowest BCUT2D eigenvalue weighted by Gasteiger charge is -2.34. The van der Waals surface area contributed by atoms with Crippen LogP contribution < -0.4 is 53.4 Å². The maximum absolute atomic E-state index is 13.9. The van der Waals surface area contributed by atoms with E-state index in [0.29, 0.717) is 117 Å². The van der Waals surface area contributed by atoms with Crippen LogP contribution in [0.4, 0.5) is 29.7 Å². The molecule has 2 unspecified atom stereocenters. The van der Waals surface area contributed by atoms with Crippen LogP contribution in [-0.2, 0) is 85.1 Å². The molecule has 0 aliphatic carbocycles. The number of urea groups is 1. The van der Waals surface area contributed by atoms with Crippen molar-refractivity contribution in [3.63, 3.8) is 0 Å². The van der Waals surface area contributed by atoms with Crippen molar-refractivity contribution in [1.82, 2.24) is 75.7 Å². The van der Waals surface area contributed by atoms with Crippen molar-refractivity contribution < 1.29 is 85.4 Å². The van der Waals surface area contributed by atoms with E-state index < -0.39 is 97.0 Å². The number of nitrogens with one attached hydrogen (secondary N) is 7. The van der Waals surface area contributed by atoms with Gasteiger partial charge in [-0.1, -0.05) is 48.5 Å². The highest BCUT2D eigenvalue weighted by Gasteiger charge is 2.47. The van der Waals surface area contributed by atoms with Gasteiger partial charge < -0.3 is 106 Å². The van der Waals surface area contributed by atoms with Gasteiger partial charge in [0.15, 0.2) is 0 Å². The molecular formula is C83H116F2N20O16. The SMILES string of the molecule is C=C(C)[C@H](NC(=O)CCOCCOCCOCCn1cc(CCCCCC(=O)NCCOCCOCCN2CCN(CCCOc3ccc4nccc(C(=O)NCC(=O)N5CC(F)(F)CC5C#N)c4c3)CC2)nn1)C(=O)N[C@@H](CCCNC(N)=O)C(=O)Nc1ccc(COC(=O)N(CC)Cc2nc3c(n2CC(C)(C)O)-c2ccccc2NC3N)cc1. The molecule has 0 radical (unpaired) electrons. The van der Waals surface area contributed by atoms with Crippen molar-refractivity contribution in [1.29, 1.82) is 5.26 Å². The number of alkyl halides is 2. The maximum Gasteiger partial charge on any atom is 0.410 e. The van der Waals surface area contributed by atoms with E-state index in [1.165, 1.54) is 17.2 Å². The Morgan fingerprint density at radius 3 is 2.20 bits per heavy atom. The van der Waals surface area contributed by atoms with Crippen LogP contribution in [0.15, 0.2) is 97.3 Å². The monoisotopic (exact) mass is 1690 g/mol. The number of unbranched alkanes of at least 4 members (excludes halogenated alkanes) is 2. The van der Waals surface area contributed by atoms with Crippen LogP contribution in [0.25, 0.3) is 22.2 Å². The molecule has 3 aliphatic heterocycles. The van der Waals surface area contributed by atoms with Gasteiger partial charge in [-0.15, -0.1) is 5.10 Å². The van der Waals surface area contributed by atoms with Crippen LogP contribution in [0, 0.1) is 11.3 Å². The fourth-order valence-electron chi connectivity index (χ4n) is 13.8. The third kappa shape index (κ3) is 30.9. The number of pyridine rings is 1. The van der Waals surface area contributed by atoms with Crippen molar-refractivity contribution >= 4 is 69.8 Å². The van der Waals surface area contributed by atoms with Gasteiger partial charge in [-0.05, 0) is 120 Å². The minimum Gasteiger partial charge on any atom is -0.494 e. The van der Waals surface area contributed by atoms with Crippen molar-refractivity contribution in [2.24, 2.45) is 11.5 Å². The number of carbonyl (C=O) groups excluding carboxylic acids is 8. The number of imidazole rings is 1. The van der Waals surface area contributed by atoms with E-state index in [1.807, 2.05) is 42.0 Å². The number of nitriles is 1. The number of nitrogens with zero attached hydrogens (tertiary/aromatic N) is 11. The van der Waals surface area contributed by atoms with Gasteiger partial charge in [-0.2, -0.15) is 5.26 Å². The number of likely N-dealkylation sites (tertiary alicyclic amines) is 1. The zero-order valence-corrected chi connectivity index (χ0v) is 69.5. The van der Waals surface area contributed by atoms with Crippen LogP contribution >= 0.6 is 0 Å². The van der Waals surface area contributed by atoms with Gasteiger partial charge in [0.1, 0.15) is 48.2 Å². The number of ether oxygens (including phenoxy) is 7. The molecule has 38 heteroatoms. The minimum absolute atomic E-state index is 0.0202. The summed E-state index contributed by atoms with van der Waals surface area (Å²) >= 11 is 0. The topological polar surface area (TPSA) is 456 Å². The zero-order valence-electron chi connectivity index (χ0n) is 69.5. The number of fused-ring (bicyclic) bond motifs is 4. The number of para-hydroxylation sites is 1. The predicted molar refractivity (Wildman–Crippen MR) is 443 cm³/mol. The normalized spacial score (nSPS) is 15.5. The lowest BCUT2D eigenvalue weighted by atomic mass is 10.0. The van der Waals surface area contributed by atoms with Gasteiger partial charge in [0.2, 0.25) is 29.5 Å². The number of nitrogens with two attached hydrogens (primary N) is 2. The van der Waals surface area contributed by atoms with Gasteiger partial charge in [0.25, 0.3) is 11.8 Å². The Labute approximate surface area is 702 Å². The number of piperazine rings is 1. The largest absolute Gasteiger partial charge is 0.494 e. The number of benzene rings is 3. The van der Waals surface area contributed by atoms with Crippen LogP contribution in [0.5, 0.6) is 5.75 Å². The molecule has 658 valence electrons. The van der Waals surface area contributed by atoms with Crippen molar-refractivity contribution in [2.75, 3.05) is 155 Å². The molecule has 9 amide bonds. The Morgan fingerprint density at radius 1 is 0.785 bits per heavy atom. The molecule has 6 aromatic rings. The molecule has 3 aromatic heterocycles. The Hall–Kier alpha value is -10.9. The van der Waals surface area contributed by atoms with Gasteiger partial charge in [0, 0.05) is 113 Å². The Balaban J connectivity index is 0.543. The van der Waals surface area contributed by atoms with Crippen molar-refractivity contribution in [3.05, 3.63) is 126 Å². The second-order valence-corrected chi connectivity index (χ2v) is 30.5. The number of halogens is 2. The summed E-state index contributed by atoms with van der Waals surface area (Å²) in [6, 6.07) is 18.4. The Morgan fingerprint density at radius 2 is 1.49 bits per heavy atom. The summed E-state index contributed by atoms with van der Waals surface area (Å²) in [4.78, 5) is 120. The quantitative estimate of drug-likeness (QED) is 0.0179. The first-order valence-electron chi connectivity index (χ1n) is 41.1. The molecule has 2 saturated heterocycles. The second kappa shape index (κ2) is 47.9. The number of aromatic nitrogens is 6. The molecule has 3 aliphatic rings. The van der Waals surface area contributed by atoms with Crippen LogP contribution in [0.3, 0.4) is 0 Å². The van der Waals surface area contributed by atoms with Crippen LogP contribution in [0.2, 0.25) is 0 Å². The summed E-state index contributed by atoms with van der Waals surface area (Å²) in [6.45, 7) is 20.0. The average molecular weight is 1690 g/mol. The molecule has 4 atom stereocenters. The molecule has 36 nitrogen and oxygen atoms in total. The number of aryl methyl sites for hydroxylation is 1. The fraction of sp³-hybridized carbons (Fsp3) is 0.554. The zero-order chi connectivity index (χ0) is 86.7. The van der Waals surface area contributed by atoms with Crippen molar-refractivity contribution in [2.45, 2.75) is 154 Å². The molecule has 121 heavy (non-hydrogen) atoms. The van der Waals surface area contributed by atoms with E-state index in [9.17, 15) is 57.5 Å². The lowest BCUT2D eigenvalue weighted by molar-refractivity contribution is -0.131. The second-order valence-electron chi connectivity index (χ2n) is 30.5. The number of primary amides is 1. The van der Waals surface area contributed by atoms with E-state index in [4.69, 9.17) is 49.6 Å². The minimum atomic E-state index is -3.16. The van der Waals surface area contributed by atoms with E-state index in [1.54, 1.807) is 74.0 Å². The van der Waals surface area contributed by atoms with Crippen LogP contribution in [-0.4, -0.2) is 276 Å². The summed E-state index contributed by atoms with van der Waals surface area (Å²) < 4.78 is 71.6. The van der Waals surface area contributed by atoms with Gasteiger partial charge in [0.05, 0.1) is 140 Å². The van der Waals surface area contributed by atoms with Crippen LogP contribution in [0.1, 0.15) is 125 Å². The molecule has 2 fully saturated rings. The summed E-state index contributed by atoms with van der Waals surface area (Å²) in [5.41, 5.74) is 16.7. The number of rotatable bonds is 52. The fourth-order valence-corrected chi connectivity index (χ4v) is 13.8. The van der Waals surface area contributed by atoms with Gasteiger partial charge >= 0.3 is 12.1 Å². The molecule has 0 saturated carbocycles. The smallest absolute Gasteiger partial charge is 0.410 e. The number of amides is 9. The molecule has 3 aromatic carbocycles. The average Bonchev–Trinajstić information content (AvgIpc) is 1.60. The van der Waals surface area contributed by atoms with Gasteiger partial charge in [-0.3, -0.25) is 38.7 Å². The molecule has 6 heterocycles. The molecule has 12 N–H and O–H groups in total. The predicted octanol–water partition coefficient (Wildman–Crippen LogP) is 4.90. The summed E-state index contributed by atoms with van der Waals surface area (Å²) in [7, 11) is 0. The number of aliphatic hydroxyl groups is 1. The molecule has 9 rings (SSSR count). The number of hydrogen-bond acceptors (Lipinski definition) is 25. The first-order chi connectivity index (χ1) is 58.2. The maximum atomic E-state index is 13.9. The third-order valence-corrected chi connectivity index (χ3v) is 20.2. The molecular weight excluding hydrogens is 1570 g/mol. The van der Waals surface area contributed by atoms with Crippen molar-refractivity contribution in [3.8, 4) is 23.1 Å². The summed E-state index contributed by atoms with van der Waals surface area (Å²) in [6.07, 6.45) is 6.08. The molecule has 0 bridgehead atoms. The summed E-state index contributed by atoms with van der Waals surface area (Å²) in [5, 5.41) is 48.6.